The highest BCUT2D eigenvalue weighted by molar-refractivity contribution is 7.91. The predicted molar refractivity (Wildman–Crippen MR) is 79.6 cm³/mol. The molecule has 2 rings (SSSR count). The highest BCUT2D eigenvalue weighted by Crippen LogP contribution is 2.44. The van der Waals surface area contributed by atoms with Gasteiger partial charge in [-0.3, -0.25) is 0 Å². The summed E-state index contributed by atoms with van der Waals surface area (Å²) in [5.41, 5.74) is 2.17. The van der Waals surface area contributed by atoms with Gasteiger partial charge in [-0.1, -0.05) is 19.9 Å². The molecule has 1 aromatic rings. The molecule has 0 N–H and O–H groups in total. The van der Waals surface area contributed by atoms with Crippen LogP contribution < -0.4 is 4.90 Å². The summed E-state index contributed by atoms with van der Waals surface area (Å²) in [6, 6.07) is 5.78. The van der Waals surface area contributed by atoms with Crippen LogP contribution in [0.2, 0.25) is 0 Å². The second-order valence-electron chi connectivity index (χ2n) is 5.76. The number of anilines is 1. The van der Waals surface area contributed by atoms with E-state index in [0.717, 1.165) is 11.3 Å². The monoisotopic (exact) mass is 279 g/mol. The third-order valence-corrected chi connectivity index (χ3v) is 6.01. The minimum atomic E-state index is -3.25. The van der Waals surface area contributed by atoms with E-state index in [2.05, 4.69) is 39.3 Å². The number of sulfone groups is 1. The Kier molecular flexibility index (Phi) is 3.25. The fourth-order valence-corrected chi connectivity index (χ4v) is 3.78. The molecule has 1 aliphatic heterocycles. The summed E-state index contributed by atoms with van der Waals surface area (Å²) >= 11 is 0. The van der Waals surface area contributed by atoms with Gasteiger partial charge in [-0.25, -0.2) is 8.42 Å². The van der Waals surface area contributed by atoms with Crippen LogP contribution in [-0.4, -0.2) is 27.3 Å². The third kappa shape index (κ3) is 2.08. The lowest BCUT2D eigenvalue weighted by Gasteiger charge is -2.28. The molecule has 4 heteroatoms. The molecule has 0 aliphatic carbocycles. The van der Waals surface area contributed by atoms with Gasteiger partial charge in [0.25, 0.3) is 0 Å². The average molecular weight is 279 g/mol. The van der Waals surface area contributed by atoms with Crippen molar-refractivity contribution < 1.29 is 8.42 Å². The van der Waals surface area contributed by atoms with Gasteiger partial charge in [-0.2, -0.15) is 0 Å². The molecule has 3 nitrogen and oxygen atoms in total. The van der Waals surface area contributed by atoms with Crippen molar-refractivity contribution in [1.82, 2.24) is 0 Å². The van der Waals surface area contributed by atoms with Gasteiger partial charge in [-0.15, -0.1) is 6.58 Å². The number of rotatable bonds is 3. The maximum Gasteiger partial charge on any atom is 0.181 e. The average Bonchev–Trinajstić information content (AvgIpc) is 2.51. The van der Waals surface area contributed by atoms with E-state index in [9.17, 15) is 8.42 Å². The molecule has 1 aliphatic rings. The Bertz CT molecular complexity index is 617. The van der Waals surface area contributed by atoms with Crippen molar-refractivity contribution in [2.75, 3.05) is 17.7 Å². The van der Waals surface area contributed by atoms with Crippen LogP contribution in [0.25, 0.3) is 0 Å². The summed E-state index contributed by atoms with van der Waals surface area (Å²) in [4.78, 5) is 2.60. The number of hydrogen-bond donors (Lipinski definition) is 0. The molecule has 104 valence electrons. The van der Waals surface area contributed by atoms with Gasteiger partial charge in [0.2, 0.25) is 0 Å². The highest BCUT2D eigenvalue weighted by Gasteiger charge is 2.40. The van der Waals surface area contributed by atoms with Crippen molar-refractivity contribution >= 4 is 15.5 Å². The summed E-state index contributed by atoms with van der Waals surface area (Å²) in [5.74, 6) is -0.0163. The zero-order valence-corrected chi connectivity index (χ0v) is 12.8. The molecule has 0 aromatic heterocycles. The molecule has 0 radical (unpaired) electrons. The van der Waals surface area contributed by atoms with Crippen LogP contribution >= 0.6 is 0 Å². The van der Waals surface area contributed by atoms with E-state index in [1.807, 2.05) is 12.1 Å². The maximum absolute atomic E-state index is 12.1. The van der Waals surface area contributed by atoms with Crippen molar-refractivity contribution in [2.45, 2.75) is 37.1 Å². The largest absolute Gasteiger partial charge is 0.371 e. The number of nitrogens with zero attached hydrogens (tertiary/aromatic N) is 1. The normalized spacial score (nSPS) is 21.3. The molecule has 1 heterocycles. The molecule has 0 bridgehead atoms. The number of likely N-dealkylation sites (N-methyl/N-ethyl adjacent to an activating group) is 1. The first-order chi connectivity index (χ1) is 8.71. The number of hydrogen-bond acceptors (Lipinski definition) is 3. The van der Waals surface area contributed by atoms with Crippen molar-refractivity contribution in [2.24, 2.45) is 0 Å². The van der Waals surface area contributed by atoms with E-state index in [-0.39, 0.29) is 11.2 Å². The topological polar surface area (TPSA) is 37.4 Å². The van der Waals surface area contributed by atoms with Crippen LogP contribution in [0.1, 0.15) is 26.3 Å². The Hall–Kier alpha value is -1.29. The van der Waals surface area contributed by atoms with Crippen molar-refractivity contribution in [3.8, 4) is 0 Å². The number of fused-ring (bicyclic) bond motifs is 1. The molecule has 1 unspecified atom stereocenters. The van der Waals surface area contributed by atoms with Crippen LogP contribution in [0.15, 0.2) is 35.7 Å². The lowest BCUT2D eigenvalue weighted by Crippen LogP contribution is -2.36. The summed E-state index contributed by atoms with van der Waals surface area (Å²) in [6.45, 7) is 9.99. The van der Waals surface area contributed by atoms with E-state index >= 15 is 0 Å². The standard InChI is InChI=1S/C15H21NO2S/c1-6-9-19(17,18)12-7-8-14-13(10-12)15(3,4)11(2)16(14)5/h6-8,10-11H,1,9H2,2-5H3. The second-order valence-corrected chi connectivity index (χ2v) is 7.79. The van der Waals surface area contributed by atoms with Crippen LogP contribution in [0.4, 0.5) is 5.69 Å². The van der Waals surface area contributed by atoms with Crippen LogP contribution in [-0.2, 0) is 15.3 Å². The minimum absolute atomic E-state index is 0.0163. The van der Waals surface area contributed by atoms with Gasteiger partial charge in [0.05, 0.1) is 10.6 Å². The SMILES string of the molecule is C=CCS(=O)(=O)c1ccc2c(c1)C(C)(C)C(C)N2C. The molecule has 0 saturated carbocycles. The predicted octanol–water partition coefficient (Wildman–Crippen LogP) is 2.76. The first-order valence-electron chi connectivity index (χ1n) is 6.43. The fraction of sp³-hybridized carbons (Fsp3) is 0.467. The lowest BCUT2D eigenvalue weighted by atomic mass is 9.81. The Morgan fingerprint density at radius 1 is 1.42 bits per heavy atom. The fourth-order valence-electron chi connectivity index (χ4n) is 2.70. The lowest BCUT2D eigenvalue weighted by molar-refractivity contribution is 0.453. The quantitative estimate of drug-likeness (QED) is 0.798. The van der Waals surface area contributed by atoms with Gasteiger partial charge in [-0.05, 0) is 30.7 Å². The molecule has 19 heavy (non-hydrogen) atoms. The van der Waals surface area contributed by atoms with Crippen LogP contribution in [0.3, 0.4) is 0 Å². The van der Waals surface area contributed by atoms with Gasteiger partial charge >= 0.3 is 0 Å². The second kappa shape index (κ2) is 4.37. The molecule has 0 saturated heterocycles. The maximum atomic E-state index is 12.1. The molecular formula is C15H21NO2S. The van der Waals surface area contributed by atoms with E-state index in [0.29, 0.717) is 10.9 Å². The Morgan fingerprint density at radius 3 is 2.63 bits per heavy atom. The molecule has 1 aromatic carbocycles. The first kappa shape index (κ1) is 14.1. The smallest absolute Gasteiger partial charge is 0.181 e. The van der Waals surface area contributed by atoms with Crippen molar-refractivity contribution in [3.63, 3.8) is 0 Å². The third-order valence-electron chi connectivity index (χ3n) is 4.36. The minimum Gasteiger partial charge on any atom is -0.371 e. The van der Waals surface area contributed by atoms with Gasteiger partial charge in [0, 0.05) is 24.2 Å². The van der Waals surface area contributed by atoms with E-state index in [1.54, 1.807) is 6.07 Å². The summed E-state index contributed by atoms with van der Waals surface area (Å²) in [5, 5.41) is 0. The van der Waals surface area contributed by atoms with E-state index in [1.165, 1.54) is 6.08 Å². The Morgan fingerprint density at radius 2 is 2.05 bits per heavy atom. The first-order valence-corrected chi connectivity index (χ1v) is 8.08. The molecule has 1 atom stereocenters. The summed E-state index contributed by atoms with van der Waals surface area (Å²) in [6.07, 6.45) is 1.43. The molecule has 0 spiro atoms. The Labute approximate surface area is 115 Å². The molecule has 0 fully saturated rings. The van der Waals surface area contributed by atoms with Crippen LogP contribution in [0.5, 0.6) is 0 Å². The van der Waals surface area contributed by atoms with Crippen molar-refractivity contribution in [3.05, 3.63) is 36.4 Å². The summed E-state index contributed by atoms with van der Waals surface area (Å²) < 4.78 is 24.2. The van der Waals surface area contributed by atoms with Crippen molar-refractivity contribution in [1.29, 1.82) is 0 Å². The van der Waals surface area contributed by atoms with Gasteiger partial charge in [0.15, 0.2) is 9.84 Å². The van der Waals surface area contributed by atoms with E-state index < -0.39 is 9.84 Å². The zero-order chi connectivity index (χ0) is 14.4. The highest BCUT2D eigenvalue weighted by atomic mass is 32.2. The molecular weight excluding hydrogens is 258 g/mol. The Balaban J connectivity index is 2.58. The molecule has 0 amide bonds. The van der Waals surface area contributed by atoms with Crippen LogP contribution in [0, 0.1) is 0 Å². The van der Waals surface area contributed by atoms with E-state index in [4.69, 9.17) is 0 Å². The summed E-state index contributed by atoms with van der Waals surface area (Å²) in [7, 11) is -1.20. The zero-order valence-electron chi connectivity index (χ0n) is 12.0. The van der Waals surface area contributed by atoms with Gasteiger partial charge in [0.1, 0.15) is 0 Å². The number of benzene rings is 1. The van der Waals surface area contributed by atoms with Gasteiger partial charge < -0.3 is 4.90 Å².